The van der Waals surface area contributed by atoms with Crippen LogP contribution in [0.1, 0.15) is 84.0 Å². The van der Waals surface area contributed by atoms with Gasteiger partial charge in [-0.05, 0) is 38.5 Å². The maximum Gasteiger partial charge on any atom is -0.0169 e. The fourth-order valence-corrected chi connectivity index (χ4v) is 2.08. The monoisotopic (exact) mass is 275 g/mol. The summed E-state index contributed by atoms with van der Waals surface area (Å²) in [5.41, 5.74) is 0. The number of hydrogen-bond acceptors (Lipinski definition) is 0. The Kier molecular flexibility index (Phi) is 17.5. The minimum atomic E-state index is 1.05. The zero-order valence-corrected chi connectivity index (χ0v) is 13.7. The fourth-order valence-electron chi connectivity index (χ4n) is 2.08. The lowest BCUT2D eigenvalue weighted by Crippen LogP contribution is -1.77. The van der Waals surface area contributed by atoms with Crippen molar-refractivity contribution < 1.29 is 0 Å². The average molecular weight is 275 g/mol. The van der Waals surface area contributed by atoms with Crippen LogP contribution in [0.25, 0.3) is 0 Å². The van der Waals surface area contributed by atoms with Crippen LogP contribution in [0.15, 0.2) is 36.5 Å². The molecule has 0 fully saturated rings. The van der Waals surface area contributed by atoms with Crippen molar-refractivity contribution in [1.29, 1.82) is 0 Å². The van der Waals surface area contributed by atoms with E-state index in [-0.39, 0.29) is 0 Å². The van der Waals surface area contributed by atoms with Crippen molar-refractivity contribution >= 4 is 0 Å². The Morgan fingerprint density at radius 3 is 1.70 bits per heavy atom. The maximum atomic E-state index is 3.84. The first-order chi connectivity index (χ1) is 9.91. The second kappa shape index (κ2) is 18.2. The summed E-state index contributed by atoms with van der Waals surface area (Å²) in [6.07, 6.45) is 28.9. The molecule has 0 nitrogen and oxygen atoms in total. The zero-order chi connectivity index (χ0) is 14.7. The Hall–Kier alpha value is -0.780. The largest absolute Gasteiger partial charge is 0.0882 e. The van der Waals surface area contributed by atoms with E-state index in [1.165, 1.54) is 57.8 Å². The highest BCUT2D eigenvalue weighted by Crippen LogP contribution is 2.07. The van der Waals surface area contributed by atoms with Crippen LogP contribution in [-0.4, -0.2) is 0 Å². The highest BCUT2D eigenvalue weighted by Gasteiger charge is 1.87. The lowest BCUT2D eigenvalue weighted by molar-refractivity contribution is 0.611. The molecule has 0 saturated heterocycles. The number of allylic oxidation sites excluding steroid dienone is 6. The summed E-state index contributed by atoms with van der Waals surface area (Å²) in [5.74, 6) is 0. The van der Waals surface area contributed by atoms with Crippen molar-refractivity contribution in [2.45, 2.75) is 84.0 Å². The third-order valence-corrected chi connectivity index (χ3v) is 3.39. The van der Waals surface area contributed by atoms with Crippen LogP contribution in [-0.2, 0) is 0 Å². The van der Waals surface area contributed by atoms with Crippen LogP contribution < -0.4 is 0 Å². The molecule has 0 aromatic heterocycles. The third-order valence-electron chi connectivity index (χ3n) is 3.39. The molecule has 0 aromatic carbocycles. The molecule has 0 unspecified atom stereocenters. The van der Waals surface area contributed by atoms with Gasteiger partial charge >= 0.3 is 0 Å². The Labute approximate surface area is 128 Å². The van der Waals surface area contributed by atoms with E-state index in [2.05, 4.69) is 50.3 Å². The smallest absolute Gasteiger partial charge is 0.0169 e. The van der Waals surface area contributed by atoms with Gasteiger partial charge in [0.05, 0.1) is 0 Å². The van der Waals surface area contributed by atoms with E-state index >= 15 is 0 Å². The average Bonchev–Trinajstić information content (AvgIpc) is 2.47. The normalized spacial score (nSPS) is 12.3. The molecule has 0 aliphatic rings. The summed E-state index contributed by atoms with van der Waals surface area (Å²) in [6.45, 7) is 6.11. The van der Waals surface area contributed by atoms with Gasteiger partial charge in [0.2, 0.25) is 0 Å². The summed E-state index contributed by atoms with van der Waals surface area (Å²) in [4.78, 5) is 0. The molecule has 0 aromatic rings. The topological polar surface area (TPSA) is 0 Å². The molecule has 0 aliphatic carbocycles. The van der Waals surface area contributed by atoms with Gasteiger partial charge in [-0.1, -0.05) is 88.8 Å². The van der Waals surface area contributed by atoms with Crippen molar-refractivity contribution in [3.63, 3.8) is 0 Å². The summed E-state index contributed by atoms with van der Waals surface area (Å²) in [6, 6.07) is 0. The molecule has 0 atom stereocenters. The fraction of sp³-hybridized carbons (Fsp3) is 0.650. The molecular formula is C20H35. The van der Waals surface area contributed by atoms with Gasteiger partial charge in [0.25, 0.3) is 0 Å². The van der Waals surface area contributed by atoms with Gasteiger partial charge in [-0.2, -0.15) is 0 Å². The Bertz CT molecular complexity index is 245. The van der Waals surface area contributed by atoms with Crippen molar-refractivity contribution in [2.75, 3.05) is 0 Å². The quantitative estimate of drug-likeness (QED) is 0.232. The number of rotatable bonds is 14. The Balaban J connectivity index is 3.24. The van der Waals surface area contributed by atoms with Gasteiger partial charge in [0.1, 0.15) is 0 Å². The minimum absolute atomic E-state index is 1.05. The molecule has 1 radical (unpaired) electrons. The van der Waals surface area contributed by atoms with Crippen molar-refractivity contribution in [3.8, 4) is 0 Å². The Morgan fingerprint density at radius 2 is 1.10 bits per heavy atom. The van der Waals surface area contributed by atoms with E-state index < -0.39 is 0 Å². The molecule has 0 amide bonds. The summed E-state index contributed by atoms with van der Waals surface area (Å²) in [5, 5.41) is 0. The standard InChI is InChI=1S/C20H35/c1-3-5-7-9-11-13-15-17-19-20-18-16-14-12-10-8-6-4-2/h9,11,15,17-18,20H,1,3-8,10,12-14,16,19H2,2H3/b11-9+,17-15+,20-18+. The summed E-state index contributed by atoms with van der Waals surface area (Å²) in [7, 11) is 0. The predicted molar refractivity (Wildman–Crippen MR) is 93.9 cm³/mol. The second-order valence-corrected chi connectivity index (χ2v) is 5.44. The molecule has 0 bridgehead atoms. The molecule has 115 valence electrons. The Morgan fingerprint density at radius 1 is 0.600 bits per heavy atom. The molecule has 0 rings (SSSR count). The number of unbranched alkanes of at least 4 members (excludes halogenated alkanes) is 8. The van der Waals surface area contributed by atoms with E-state index in [0.29, 0.717) is 0 Å². The van der Waals surface area contributed by atoms with Crippen LogP contribution >= 0.6 is 0 Å². The highest BCUT2D eigenvalue weighted by atomic mass is 13.9. The van der Waals surface area contributed by atoms with E-state index in [0.717, 1.165) is 19.3 Å². The minimum Gasteiger partial charge on any atom is -0.0882 e. The summed E-state index contributed by atoms with van der Waals surface area (Å²) < 4.78 is 0. The van der Waals surface area contributed by atoms with Crippen molar-refractivity contribution in [2.24, 2.45) is 0 Å². The van der Waals surface area contributed by atoms with Crippen LogP contribution in [0.3, 0.4) is 0 Å². The third kappa shape index (κ3) is 17.2. The first-order valence-corrected chi connectivity index (χ1v) is 8.66. The van der Waals surface area contributed by atoms with Crippen LogP contribution in [0.5, 0.6) is 0 Å². The lowest BCUT2D eigenvalue weighted by Gasteiger charge is -1.97. The van der Waals surface area contributed by atoms with E-state index in [4.69, 9.17) is 0 Å². The van der Waals surface area contributed by atoms with Crippen molar-refractivity contribution in [1.82, 2.24) is 0 Å². The van der Waals surface area contributed by atoms with Gasteiger partial charge in [0.15, 0.2) is 0 Å². The SMILES string of the molecule is [CH2]CCC/C=C/C/C=C/C/C=C/CCCCCCCC. The molecule has 0 aliphatic heterocycles. The van der Waals surface area contributed by atoms with Crippen LogP contribution in [0, 0.1) is 6.92 Å². The first-order valence-electron chi connectivity index (χ1n) is 8.66. The van der Waals surface area contributed by atoms with E-state index in [1.54, 1.807) is 0 Å². The van der Waals surface area contributed by atoms with Crippen molar-refractivity contribution in [3.05, 3.63) is 43.4 Å². The molecule has 0 N–H and O–H groups in total. The molecule has 0 saturated carbocycles. The molecular weight excluding hydrogens is 240 g/mol. The molecule has 20 heavy (non-hydrogen) atoms. The van der Waals surface area contributed by atoms with Crippen LogP contribution in [0.2, 0.25) is 0 Å². The molecule has 0 spiro atoms. The predicted octanol–water partition coefficient (Wildman–Crippen LogP) is 7.19. The maximum absolute atomic E-state index is 3.84. The molecule has 0 heterocycles. The molecule has 0 heteroatoms. The first kappa shape index (κ1) is 19.2. The van der Waals surface area contributed by atoms with Gasteiger partial charge in [0, 0.05) is 0 Å². The van der Waals surface area contributed by atoms with Gasteiger partial charge < -0.3 is 0 Å². The summed E-state index contributed by atoms with van der Waals surface area (Å²) >= 11 is 0. The second-order valence-electron chi connectivity index (χ2n) is 5.44. The van der Waals surface area contributed by atoms with Gasteiger partial charge in [-0.3, -0.25) is 0 Å². The number of hydrogen-bond donors (Lipinski definition) is 0. The zero-order valence-electron chi connectivity index (χ0n) is 13.7. The highest BCUT2D eigenvalue weighted by molar-refractivity contribution is 4.97. The van der Waals surface area contributed by atoms with Gasteiger partial charge in [-0.25, -0.2) is 0 Å². The van der Waals surface area contributed by atoms with Crippen LogP contribution in [0.4, 0.5) is 0 Å². The van der Waals surface area contributed by atoms with E-state index in [9.17, 15) is 0 Å². The lowest BCUT2D eigenvalue weighted by atomic mass is 10.1. The van der Waals surface area contributed by atoms with Gasteiger partial charge in [-0.15, -0.1) is 0 Å². The van der Waals surface area contributed by atoms with E-state index in [1.807, 2.05) is 0 Å².